The third-order valence-corrected chi connectivity index (χ3v) is 3.17. The molecule has 0 saturated heterocycles. The number of ether oxygens (including phenoxy) is 1. The van der Waals surface area contributed by atoms with Crippen LogP contribution in [0.25, 0.3) is 0 Å². The molecule has 0 spiro atoms. The molecular formula is C16H17ClN2O2. The molecule has 0 bridgehead atoms. The maximum atomic E-state index is 8.66. The van der Waals surface area contributed by atoms with E-state index < -0.39 is 0 Å². The average Bonchev–Trinajstić information content (AvgIpc) is 2.80. The molecule has 0 atom stereocenters. The largest absolute Gasteiger partial charge is 0.492 e. The standard InChI is InChI=1S/C16H17ClN2O2/c1-13-16(17)12-19(18-13)9-11-21-15-7-5-14(6-8-15)4-2-3-10-20/h5-8,12,20H,3,9-11H2,1H3. The van der Waals surface area contributed by atoms with Crippen molar-refractivity contribution in [3.63, 3.8) is 0 Å². The van der Waals surface area contributed by atoms with Crippen molar-refractivity contribution in [2.24, 2.45) is 0 Å². The van der Waals surface area contributed by atoms with E-state index in [0.717, 1.165) is 17.0 Å². The summed E-state index contributed by atoms with van der Waals surface area (Å²) in [5.41, 5.74) is 1.73. The molecule has 0 saturated carbocycles. The van der Waals surface area contributed by atoms with Crippen LogP contribution in [-0.2, 0) is 6.54 Å². The van der Waals surface area contributed by atoms with E-state index in [1.807, 2.05) is 31.2 Å². The van der Waals surface area contributed by atoms with E-state index in [1.165, 1.54) is 0 Å². The van der Waals surface area contributed by atoms with E-state index in [4.69, 9.17) is 21.4 Å². The SMILES string of the molecule is Cc1nn(CCOc2ccc(C#CCCO)cc2)cc1Cl. The van der Waals surface area contributed by atoms with Gasteiger partial charge in [0, 0.05) is 18.2 Å². The quantitative estimate of drug-likeness (QED) is 0.864. The van der Waals surface area contributed by atoms with Crippen LogP contribution in [0.5, 0.6) is 5.75 Å². The first kappa shape index (κ1) is 15.4. The minimum absolute atomic E-state index is 0.0884. The van der Waals surface area contributed by atoms with Crippen LogP contribution < -0.4 is 4.74 Å². The van der Waals surface area contributed by atoms with E-state index in [9.17, 15) is 0 Å². The van der Waals surface area contributed by atoms with Crippen molar-refractivity contribution >= 4 is 11.6 Å². The van der Waals surface area contributed by atoms with Crippen molar-refractivity contribution in [1.82, 2.24) is 9.78 Å². The van der Waals surface area contributed by atoms with Gasteiger partial charge in [0.2, 0.25) is 0 Å². The summed E-state index contributed by atoms with van der Waals surface area (Å²) in [7, 11) is 0. The highest BCUT2D eigenvalue weighted by atomic mass is 35.5. The summed E-state index contributed by atoms with van der Waals surface area (Å²) in [4.78, 5) is 0. The molecule has 5 heteroatoms. The highest BCUT2D eigenvalue weighted by Crippen LogP contribution is 2.13. The number of aliphatic hydroxyl groups excluding tert-OH is 1. The van der Waals surface area contributed by atoms with E-state index in [-0.39, 0.29) is 6.61 Å². The minimum Gasteiger partial charge on any atom is -0.492 e. The van der Waals surface area contributed by atoms with E-state index in [1.54, 1.807) is 10.9 Å². The fourth-order valence-corrected chi connectivity index (χ4v) is 1.87. The Morgan fingerprint density at radius 2 is 2.10 bits per heavy atom. The number of rotatable bonds is 5. The van der Waals surface area contributed by atoms with Gasteiger partial charge in [0.15, 0.2) is 0 Å². The van der Waals surface area contributed by atoms with Crippen molar-refractivity contribution in [3.8, 4) is 17.6 Å². The monoisotopic (exact) mass is 304 g/mol. The Labute approximate surface area is 129 Å². The number of benzene rings is 1. The Bertz CT molecular complexity index is 619. The van der Waals surface area contributed by atoms with Gasteiger partial charge in [0.05, 0.1) is 23.9 Å². The number of hydrogen-bond donors (Lipinski definition) is 1. The van der Waals surface area contributed by atoms with Gasteiger partial charge >= 0.3 is 0 Å². The highest BCUT2D eigenvalue weighted by molar-refractivity contribution is 6.31. The van der Waals surface area contributed by atoms with Gasteiger partial charge in [-0.1, -0.05) is 23.4 Å². The first-order valence-corrected chi connectivity index (χ1v) is 7.09. The predicted octanol–water partition coefficient (Wildman–Crippen LogP) is 2.66. The lowest BCUT2D eigenvalue weighted by Crippen LogP contribution is -2.08. The lowest BCUT2D eigenvalue weighted by molar-refractivity contribution is 0.291. The highest BCUT2D eigenvalue weighted by Gasteiger charge is 2.01. The molecule has 21 heavy (non-hydrogen) atoms. The Kier molecular flexibility index (Phi) is 5.68. The van der Waals surface area contributed by atoms with Gasteiger partial charge in [0.1, 0.15) is 12.4 Å². The summed E-state index contributed by atoms with van der Waals surface area (Å²) in [6.07, 6.45) is 2.28. The molecule has 0 amide bonds. The summed E-state index contributed by atoms with van der Waals surface area (Å²) in [6.45, 7) is 3.12. The Hall–Kier alpha value is -1.96. The average molecular weight is 305 g/mol. The molecule has 0 aliphatic carbocycles. The maximum absolute atomic E-state index is 8.66. The third-order valence-electron chi connectivity index (χ3n) is 2.80. The zero-order chi connectivity index (χ0) is 15.1. The van der Waals surface area contributed by atoms with Gasteiger partial charge in [-0.05, 0) is 31.2 Å². The molecule has 4 nitrogen and oxygen atoms in total. The fourth-order valence-electron chi connectivity index (χ4n) is 1.72. The summed E-state index contributed by atoms with van der Waals surface area (Å²) in [6, 6.07) is 7.55. The van der Waals surface area contributed by atoms with E-state index in [0.29, 0.717) is 24.6 Å². The molecule has 0 fully saturated rings. The van der Waals surface area contributed by atoms with Crippen LogP contribution in [0.2, 0.25) is 5.02 Å². The van der Waals surface area contributed by atoms with Crippen LogP contribution >= 0.6 is 11.6 Å². The van der Waals surface area contributed by atoms with Crippen molar-refractivity contribution in [2.75, 3.05) is 13.2 Å². The Morgan fingerprint density at radius 1 is 1.33 bits per heavy atom. The Balaban J connectivity index is 1.82. The topological polar surface area (TPSA) is 47.3 Å². The molecule has 2 rings (SSSR count). The van der Waals surface area contributed by atoms with Gasteiger partial charge in [0.25, 0.3) is 0 Å². The van der Waals surface area contributed by atoms with Crippen LogP contribution in [0.15, 0.2) is 30.5 Å². The second-order valence-electron chi connectivity index (χ2n) is 4.47. The van der Waals surface area contributed by atoms with Gasteiger partial charge < -0.3 is 9.84 Å². The summed E-state index contributed by atoms with van der Waals surface area (Å²) in [5.74, 6) is 6.64. The van der Waals surface area contributed by atoms with Crippen LogP contribution in [0.3, 0.4) is 0 Å². The van der Waals surface area contributed by atoms with Crippen molar-refractivity contribution in [2.45, 2.75) is 19.9 Å². The Morgan fingerprint density at radius 3 is 2.71 bits per heavy atom. The molecular weight excluding hydrogens is 288 g/mol. The molecule has 110 valence electrons. The van der Waals surface area contributed by atoms with E-state index >= 15 is 0 Å². The molecule has 0 aliphatic rings. The molecule has 0 aliphatic heterocycles. The second-order valence-corrected chi connectivity index (χ2v) is 4.88. The summed E-state index contributed by atoms with van der Waals surface area (Å²) < 4.78 is 7.42. The molecule has 0 radical (unpaired) electrons. The molecule has 0 unspecified atom stereocenters. The number of nitrogens with zero attached hydrogens (tertiary/aromatic N) is 2. The zero-order valence-corrected chi connectivity index (χ0v) is 12.6. The molecule has 2 aromatic rings. The summed E-state index contributed by atoms with van der Waals surface area (Å²) in [5, 5.41) is 13.6. The van der Waals surface area contributed by atoms with Crippen molar-refractivity contribution in [1.29, 1.82) is 0 Å². The lowest BCUT2D eigenvalue weighted by Gasteiger charge is -2.06. The molecule has 1 heterocycles. The molecule has 1 N–H and O–H groups in total. The number of aromatic nitrogens is 2. The predicted molar refractivity (Wildman–Crippen MR) is 82.5 cm³/mol. The second kappa shape index (κ2) is 7.72. The summed E-state index contributed by atoms with van der Waals surface area (Å²) >= 11 is 5.94. The first-order chi connectivity index (χ1) is 10.2. The van der Waals surface area contributed by atoms with Crippen LogP contribution in [0.1, 0.15) is 17.7 Å². The van der Waals surface area contributed by atoms with Gasteiger partial charge in [-0.3, -0.25) is 4.68 Å². The fraction of sp³-hybridized carbons (Fsp3) is 0.312. The van der Waals surface area contributed by atoms with E-state index in [2.05, 4.69) is 16.9 Å². The zero-order valence-electron chi connectivity index (χ0n) is 11.8. The smallest absolute Gasteiger partial charge is 0.119 e. The lowest BCUT2D eigenvalue weighted by atomic mass is 10.2. The number of aliphatic hydroxyl groups is 1. The van der Waals surface area contributed by atoms with Gasteiger partial charge in [-0.25, -0.2) is 0 Å². The van der Waals surface area contributed by atoms with Crippen molar-refractivity contribution in [3.05, 3.63) is 46.7 Å². The van der Waals surface area contributed by atoms with Gasteiger partial charge in [-0.15, -0.1) is 0 Å². The molecule has 1 aromatic heterocycles. The van der Waals surface area contributed by atoms with Crippen LogP contribution in [-0.4, -0.2) is 28.1 Å². The maximum Gasteiger partial charge on any atom is 0.119 e. The normalized spacial score (nSPS) is 10.0. The van der Waals surface area contributed by atoms with Crippen LogP contribution in [0.4, 0.5) is 0 Å². The number of hydrogen-bond acceptors (Lipinski definition) is 3. The number of aryl methyl sites for hydroxylation is 1. The number of halogens is 1. The van der Waals surface area contributed by atoms with Gasteiger partial charge in [-0.2, -0.15) is 5.10 Å². The minimum atomic E-state index is 0.0884. The van der Waals surface area contributed by atoms with Crippen LogP contribution in [0, 0.1) is 18.8 Å². The molecule has 1 aromatic carbocycles. The first-order valence-electron chi connectivity index (χ1n) is 6.71. The third kappa shape index (κ3) is 4.82. The van der Waals surface area contributed by atoms with Crippen molar-refractivity contribution < 1.29 is 9.84 Å².